The first-order chi connectivity index (χ1) is 12.9. The second-order valence-electron chi connectivity index (χ2n) is 5.47. The molecule has 4 amide bonds. The summed E-state index contributed by atoms with van der Waals surface area (Å²) in [6.45, 7) is 1.52. The van der Waals surface area contributed by atoms with E-state index >= 15 is 0 Å². The van der Waals surface area contributed by atoms with Crippen LogP contribution in [0.15, 0.2) is 47.1 Å². The van der Waals surface area contributed by atoms with Gasteiger partial charge in [-0.2, -0.15) is 5.26 Å². The number of aromatic nitrogens is 1. The zero-order valence-corrected chi connectivity index (χ0v) is 14.7. The van der Waals surface area contributed by atoms with E-state index in [2.05, 4.69) is 15.6 Å². The summed E-state index contributed by atoms with van der Waals surface area (Å²) in [6.07, 6.45) is 1.49. The number of imide groups is 1. The number of urea groups is 2. The lowest BCUT2D eigenvalue weighted by Gasteiger charge is -2.34. The van der Waals surface area contributed by atoms with E-state index in [-0.39, 0.29) is 27.7 Å². The molecule has 1 atom stereocenters. The number of amides is 4. The van der Waals surface area contributed by atoms with Gasteiger partial charge in [0.05, 0.1) is 16.6 Å². The largest absolute Gasteiger partial charge is 0.332 e. The Morgan fingerprint density at radius 2 is 2.30 bits per heavy atom. The van der Waals surface area contributed by atoms with Gasteiger partial charge in [-0.1, -0.05) is 12.1 Å². The number of nitrogens with zero attached hydrogens (tertiary/aromatic N) is 4. The summed E-state index contributed by atoms with van der Waals surface area (Å²) in [7, 11) is 0. The lowest BCUT2D eigenvalue weighted by Crippen LogP contribution is -2.51. The number of anilines is 1. The first-order valence-corrected chi connectivity index (χ1v) is 8.46. The number of nitro groups is 1. The van der Waals surface area contributed by atoms with E-state index in [1.54, 1.807) is 5.38 Å². The highest BCUT2D eigenvalue weighted by Gasteiger charge is 2.39. The van der Waals surface area contributed by atoms with E-state index in [9.17, 15) is 25.0 Å². The van der Waals surface area contributed by atoms with Crippen LogP contribution in [0.2, 0.25) is 0 Å². The van der Waals surface area contributed by atoms with Gasteiger partial charge in [-0.15, -0.1) is 11.3 Å². The van der Waals surface area contributed by atoms with Crippen molar-refractivity contribution in [3.05, 3.63) is 62.8 Å². The van der Waals surface area contributed by atoms with E-state index in [0.29, 0.717) is 0 Å². The van der Waals surface area contributed by atoms with Gasteiger partial charge in [-0.3, -0.25) is 15.4 Å². The molecule has 0 bridgehead atoms. The Balaban J connectivity index is 2.08. The van der Waals surface area contributed by atoms with Gasteiger partial charge in [0.2, 0.25) is 0 Å². The highest BCUT2D eigenvalue weighted by molar-refractivity contribution is 7.13. The van der Waals surface area contributed by atoms with Gasteiger partial charge in [0, 0.05) is 29.4 Å². The molecule has 2 heterocycles. The molecular formula is C16H12N6O4S. The molecule has 1 aliphatic rings. The molecule has 0 radical (unpaired) electrons. The molecule has 136 valence electrons. The van der Waals surface area contributed by atoms with Gasteiger partial charge < -0.3 is 5.32 Å². The molecular weight excluding hydrogens is 372 g/mol. The number of carbonyl (C=O) groups is 2. The molecule has 1 aliphatic heterocycles. The maximum atomic E-state index is 12.7. The zero-order chi connectivity index (χ0) is 19.6. The van der Waals surface area contributed by atoms with Gasteiger partial charge >= 0.3 is 12.1 Å². The molecule has 2 N–H and O–H groups in total. The highest BCUT2D eigenvalue weighted by Crippen LogP contribution is 2.35. The topological polar surface area (TPSA) is 141 Å². The summed E-state index contributed by atoms with van der Waals surface area (Å²) < 4.78 is 0. The molecule has 0 spiro atoms. The van der Waals surface area contributed by atoms with Crippen LogP contribution in [0.5, 0.6) is 0 Å². The number of rotatable bonds is 3. The third-order valence-electron chi connectivity index (χ3n) is 3.83. The van der Waals surface area contributed by atoms with E-state index in [4.69, 9.17) is 0 Å². The van der Waals surface area contributed by atoms with Crippen LogP contribution in [0.1, 0.15) is 18.5 Å². The Hall–Kier alpha value is -3.78. The summed E-state index contributed by atoms with van der Waals surface area (Å²) in [6, 6.07) is 4.78. The van der Waals surface area contributed by atoms with Crippen LogP contribution in [-0.4, -0.2) is 26.9 Å². The number of hydrogen-bond acceptors (Lipinski definition) is 7. The second-order valence-corrected chi connectivity index (χ2v) is 6.37. The fourth-order valence-corrected chi connectivity index (χ4v) is 3.17. The molecule has 2 aromatic rings. The van der Waals surface area contributed by atoms with Crippen LogP contribution in [-0.2, 0) is 0 Å². The molecule has 0 fully saturated rings. The number of carbonyl (C=O) groups excluding carboxylic acids is 2. The van der Waals surface area contributed by atoms with Crippen molar-refractivity contribution >= 4 is 34.2 Å². The molecule has 10 nitrogen and oxygen atoms in total. The van der Waals surface area contributed by atoms with Crippen molar-refractivity contribution < 1.29 is 14.5 Å². The average molecular weight is 384 g/mol. The van der Waals surface area contributed by atoms with Crippen molar-refractivity contribution in [2.75, 3.05) is 5.32 Å². The third-order valence-corrected chi connectivity index (χ3v) is 4.52. The Bertz CT molecular complexity index is 995. The summed E-state index contributed by atoms with van der Waals surface area (Å²) in [5.74, 6) is 0. The quantitative estimate of drug-likeness (QED) is 0.615. The minimum atomic E-state index is -1.11. The van der Waals surface area contributed by atoms with Crippen LogP contribution >= 0.6 is 11.3 Å². The van der Waals surface area contributed by atoms with E-state index in [1.165, 1.54) is 37.4 Å². The molecule has 0 aliphatic carbocycles. The van der Waals surface area contributed by atoms with Crippen LogP contribution in [0.4, 0.5) is 20.4 Å². The number of thiazole rings is 1. The lowest BCUT2D eigenvalue weighted by atomic mass is 9.94. The smallest absolute Gasteiger partial charge is 0.310 e. The molecule has 1 unspecified atom stereocenters. The predicted octanol–water partition coefficient (Wildman–Crippen LogP) is 3.15. The number of nitrogens with one attached hydrogen (secondary N) is 2. The van der Waals surface area contributed by atoms with Gasteiger partial charge in [0.15, 0.2) is 5.13 Å². The van der Waals surface area contributed by atoms with Gasteiger partial charge in [-0.25, -0.2) is 19.5 Å². The number of nitriles is 1. The highest BCUT2D eigenvalue weighted by atomic mass is 32.1. The Kier molecular flexibility index (Phi) is 4.82. The van der Waals surface area contributed by atoms with Crippen LogP contribution < -0.4 is 10.6 Å². The van der Waals surface area contributed by atoms with E-state index < -0.39 is 23.0 Å². The Morgan fingerprint density at radius 3 is 2.93 bits per heavy atom. The minimum Gasteiger partial charge on any atom is -0.310 e. The Morgan fingerprint density at radius 1 is 1.52 bits per heavy atom. The third kappa shape index (κ3) is 3.46. The standard InChI is InChI=1S/C16H12N6O4S/c1-9-12(8-17)13(10-3-2-4-11(7-10)22(25)26)21(15(23)19-9)16(24)20-14-18-5-6-27-14/h2-7,13H,1H3,(H,19,23)(H,18,20,24). The normalized spacial score (nSPS) is 16.5. The van der Waals surface area contributed by atoms with Gasteiger partial charge in [0.1, 0.15) is 6.04 Å². The van der Waals surface area contributed by atoms with E-state index in [0.717, 1.165) is 16.2 Å². The first-order valence-electron chi connectivity index (χ1n) is 7.58. The lowest BCUT2D eigenvalue weighted by molar-refractivity contribution is -0.384. The molecule has 1 aromatic carbocycles. The monoisotopic (exact) mass is 384 g/mol. The fraction of sp³-hybridized carbons (Fsp3) is 0.125. The minimum absolute atomic E-state index is 0.101. The predicted molar refractivity (Wildman–Crippen MR) is 95.7 cm³/mol. The van der Waals surface area contributed by atoms with Crippen molar-refractivity contribution in [2.45, 2.75) is 13.0 Å². The van der Waals surface area contributed by atoms with E-state index in [1.807, 2.05) is 6.07 Å². The average Bonchev–Trinajstić information content (AvgIpc) is 3.14. The number of hydrogen-bond donors (Lipinski definition) is 2. The molecule has 1 aromatic heterocycles. The number of non-ortho nitro benzene ring substituents is 1. The van der Waals surface area contributed by atoms with Crippen LogP contribution in [0, 0.1) is 21.4 Å². The molecule has 3 rings (SSSR count). The fourth-order valence-electron chi connectivity index (χ4n) is 2.65. The maximum Gasteiger partial charge on any atom is 0.332 e. The summed E-state index contributed by atoms with van der Waals surface area (Å²) >= 11 is 1.16. The van der Waals surface area contributed by atoms with Gasteiger partial charge in [0.25, 0.3) is 5.69 Å². The van der Waals surface area contributed by atoms with Crippen molar-refractivity contribution in [1.29, 1.82) is 5.26 Å². The van der Waals surface area contributed by atoms with Gasteiger partial charge in [-0.05, 0) is 12.5 Å². The second kappa shape index (κ2) is 7.22. The molecule has 0 saturated heterocycles. The van der Waals surface area contributed by atoms with Crippen molar-refractivity contribution in [3.8, 4) is 6.07 Å². The molecule has 0 saturated carbocycles. The number of nitro benzene ring substituents is 1. The number of benzene rings is 1. The number of allylic oxidation sites excluding steroid dienone is 1. The summed E-state index contributed by atoms with van der Waals surface area (Å²) in [5, 5.41) is 27.5. The zero-order valence-electron chi connectivity index (χ0n) is 13.9. The van der Waals surface area contributed by atoms with Crippen molar-refractivity contribution in [1.82, 2.24) is 15.2 Å². The van der Waals surface area contributed by atoms with Crippen LogP contribution in [0.25, 0.3) is 0 Å². The summed E-state index contributed by atoms with van der Waals surface area (Å²) in [4.78, 5) is 40.4. The molecule has 27 heavy (non-hydrogen) atoms. The maximum absolute atomic E-state index is 12.7. The first kappa shape index (κ1) is 18.0. The van der Waals surface area contributed by atoms with Crippen molar-refractivity contribution in [3.63, 3.8) is 0 Å². The van der Waals surface area contributed by atoms with Crippen molar-refractivity contribution in [2.24, 2.45) is 0 Å². The molecule has 11 heteroatoms. The Labute approximate surface area is 156 Å². The van der Waals surface area contributed by atoms with Crippen LogP contribution in [0.3, 0.4) is 0 Å². The summed E-state index contributed by atoms with van der Waals surface area (Å²) in [5.41, 5.74) is 0.430. The SMILES string of the molecule is CC1=C(C#N)C(c2cccc([N+](=O)[O-])c2)N(C(=O)Nc2nccs2)C(=O)N1.